The van der Waals surface area contributed by atoms with Gasteiger partial charge in [-0.2, -0.15) is 0 Å². The maximum absolute atomic E-state index is 12.6. The average Bonchev–Trinajstić information content (AvgIpc) is 2.53. The molecular formula is C16H18ClNO4. The average molecular weight is 324 g/mol. The number of rotatable bonds is 2. The Balaban J connectivity index is 1.69. The lowest BCUT2D eigenvalue weighted by Gasteiger charge is -2.34. The van der Waals surface area contributed by atoms with Gasteiger partial charge in [0, 0.05) is 18.1 Å². The molecule has 1 fully saturated rings. The number of fused-ring (bicyclic) bond motifs is 1. The second kappa shape index (κ2) is 6.16. The van der Waals surface area contributed by atoms with Gasteiger partial charge in [-0.3, -0.25) is 9.59 Å². The van der Waals surface area contributed by atoms with Gasteiger partial charge in [0.05, 0.1) is 11.8 Å². The van der Waals surface area contributed by atoms with E-state index in [9.17, 15) is 9.59 Å². The third-order valence-electron chi connectivity index (χ3n) is 4.36. The summed E-state index contributed by atoms with van der Waals surface area (Å²) in [6.45, 7) is 1.26. The van der Waals surface area contributed by atoms with Crippen LogP contribution in [0, 0.1) is 11.8 Å². The molecule has 3 rings (SSSR count). The quantitative estimate of drug-likeness (QED) is 0.906. The van der Waals surface area contributed by atoms with Crippen molar-refractivity contribution in [3.05, 3.63) is 28.8 Å². The van der Waals surface area contributed by atoms with Gasteiger partial charge in [-0.25, -0.2) is 0 Å². The molecule has 0 aromatic heterocycles. The molecule has 1 aromatic carbocycles. The van der Waals surface area contributed by atoms with Crippen LogP contribution in [0.4, 0.5) is 0 Å². The van der Waals surface area contributed by atoms with E-state index in [0.717, 1.165) is 17.7 Å². The Bertz CT molecular complexity index is 604. The summed E-state index contributed by atoms with van der Waals surface area (Å²) in [5.41, 5.74) is 0.934. The van der Waals surface area contributed by atoms with Gasteiger partial charge in [0.1, 0.15) is 12.4 Å². The van der Waals surface area contributed by atoms with Crippen LogP contribution in [0.1, 0.15) is 18.4 Å². The van der Waals surface area contributed by atoms with Crippen molar-refractivity contribution in [1.29, 1.82) is 0 Å². The number of carboxylic acids is 1. The van der Waals surface area contributed by atoms with E-state index in [4.69, 9.17) is 21.4 Å². The molecule has 0 saturated carbocycles. The second-order valence-corrected chi connectivity index (χ2v) is 6.36. The van der Waals surface area contributed by atoms with Crippen molar-refractivity contribution in [2.45, 2.75) is 19.3 Å². The Morgan fingerprint density at radius 3 is 2.91 bits per heavy atom. The Hall–Kier alpha value is -1.75. The molecule has 1 N–H and O–H groups in total. The number of hydrogen-bond acceptors (Lipinski definition) is 3. The number of amides is 1. The second-order valence-electron chi connectivity index (χ2n) is 5.93. The van der Waals surface area contributed by atoms with E-state index < -0.39 is 11.9 Å². The van der Waals surface area contributed by atoms with Crippen molar-refractivity contribution < 1.29 is 19.4 Å². The zero-order valence-electron chi connectivity index (χ0n) is 12.1. The molecule has 2 heterocycles. The van der Waals surface area contributed by atoms with Crippen LogP contribution < -0.4 is 4.74 Å². The summed E-state index contributed by atoms with van der Waals surface area (Å²) in [4.78, 5) is 25.4. The van der Waals surface area contributed by atoms with E-state index in [-0.39, 0.29) is 11.8 Å². The Labute approximate surface area is 133 Å². The van der Waals surface area contributed by atoms with E-state index in [1.54, 1.807) is 11.0 Å². The van der Waals surface area contributed by atoms with Gasteiger partial charge in [-0.05, 0) is 43.0 Å². The molecular weight excluding hydrogens is 306 g/mol. The number of carboxylic acid groups (broad SMARTS) is 1. The predicted molar refractivity (Wildman–Crippen MR) is 81.1 cm³/mol. The zero-order valence-corrected chi connectivity index (χ0v) is 12.9. The molecule has 0 bridgehead atoms. The van der Waals surface area contributed by atoms with E-state index in [2.05, 4.69) is 0 Å². The number of benzene rings is 1. The molecule has 118 valence electrons. The molecule has 1 aromatic rings. The maximum atomic E-state index is 12.6. The molecule has 0 aliphatic carbocycles. The fourth-order valence-electron chi connectivity index (χ4n) is 3.16. The van der Waals surface area contributed by atoms with Gasteiger partial charge in [-0.1, -0.05) is 11.6 Å². The largest absolute Gasteiger partial charge is 0.492 e. The summed E-state index contributed by atoms with van der Waals surface area (Å²) >= 11 is 5.99. The zero-order chi connectivity index (χ0) is 15.7. The standard InChI is InChI=1S/C16H18ClNO4/c17-13-3-4-14-11(7-13)6-12(9-22-14)15(19)18-5-1-2-10(8-18)16(20)21/h3-4,7,10,12H,1-2,5-6,8-9H2,(H,20,21)/t10-,12+/m0/s1. The summed E-state index contributed by atoms with van der Waals surface area (Å²) in [5, 5.41) is 9.76. The maximum Gasteiger partial charge on any atom is 0.308 e. The fourth-order valence-corrected chi connectivity index (χ4v) is 3.35. The third kappa shape index (κ3) is 3.04. The number of hydrogen-bond donors (Lipinski definition) is 1. The summed E-state index contributed by atoms with van der Waals surface area (Å²) in [7, 11) is 0. The van der Waals surface area contributed by atoms with Crippen molar-refractivity contribution in [2.75, 3.05) is 19.7 Å². The molecule has 1 saturated heterocycles. The first-order chi connectivity index (χ1) is 10.5. The van der Waals surface area contributed by atoms with Gasteiger partial charge >= 0.3 is 5.97 Å². The highest BCUT2D eigenvalue weighted by Gasteiger charge is 2.34. The van der Waals surface area contributed by atoms with E-state index in [1.807, 2.05) is 12.1 Å². The van der Waals surface area contributed by atoms with E-state index in [1.165, 1.54) is 0 Å². The third-order valence-corrected chi connectivity index (χ3v) is 4.60. The highest BCUT2D eigenvalue weighted by atomic mass is 35.5. The van der Waals surface area contributed by atoms with Gasteiger partial charge < -0.3 is 14.7 Å². The highest BCUT2D eigenvalue weighted by Crippen LogP contribution is 2.31. The molecule has 1 amide bonds. The number of nitrogens with zero attached hydrogens (tertiary/aromatic N) is 1. The monoisotopic (exact) mass is 323 g/mol. The molecule has 5 nitrogen and oxygen atoms in total. The number of ether oxygens (including phenoxy) is 1. The van der Waals surface area contributed by atoms with Crippen LogP contribution in [0.2, 0.25) is 5.02 Å². The van der Waals surface area contributed by atoms with Crippen LogP contribution in [0.5, 0.6) is 5.75 Å². The number of halogens is 1. The first-order valence-corrected chi connectivity index (χ1v) is 7.85. The topological polar surface area (TPSA) is 66.8 Å². The lowest BCUT2D eigenvalue weighted by molar-refractivity contribution is -0.147. The SMILES string of the molecule is O=C(O)[C@H]1CCCN(C(=O)[C@H]2COc3ccc(Cl)cc3C2)C1. The van der Waals surface area contributed by atoms with Gasteiger partial charge in [0.15, 0.2) is 0 Å². The predicted octanol–water partition coefficient (Wildman–Crippen LogP) is 2.21. The molecule has 0 spiro atoms. The van der Waals surface area contributed by atoms with Crippen LogP contribution in [-0.2, 0) is 16.0 Å². The minimum atomic E-state index is -0.825. The van der Waals surface area contributed by atoms with Crippen LogP contribution in [0.3, 0.4) is 0 Å². The summed E-state index contributed by atoms with van der Waals surface area (Å²) in [6, 6.07) is 5.41. The molecule has 2 atom stereocenters. The highest BCUT2D eigenvalue weighted by molar-refractivity contribution is 6.30. The molecule has 0 radical (unpaired) electrons. The number of carbonyl (C=O) groups is 2. The Morgan fingerprint density at radius 2 is 2.14 bits per heavy atom. The van der Waals surface area contributed by atoms with Crippen LogP contribution in [0.25, 0.3) is 0 Å². The van der Waals surface area contributed by atoms with E-state index >= 15 is 0 Å². The molecule has 0 unspecified atom stereocenters. The number of aliphatic carboxylic acids is 1. The van der Waals surface area contributed by atoms with Gasteiger partial charge in [-0.15, -0.1) is 0 Å². The van der Waals surface area contributed by atoms with Crippen LogP contribution in [-0.4, -0.2) is 41.6 Å². The van der Waals surface area contributed by atoms with Crippen LogP contribution in [0.15, 0.2) is 18.2 Å². The lowest BCUT2D eigenvalue weighted by atomic mass is 9.93. The number of piperidine rings is 1. The molecule has 22 heavy (non-hydrogen) atoms. The molecule has 6 heteroatoms. The van der Waals surface area contributed by atoms with Crippen molar-refractivity contribution >= 4 is 23.5 Å². The summed E-state index contributed by atoms with van der Waals surface area (Å²) < 4.78 is 5.65. The lowest BCUT2D eigenvalue weighted by Crippen LogP contribution is -2.47. The van der Waals surface area contributed by atoms with Crippen molar-refractivity contribution in [1.82, 2.24) is 4.90 Å². The number of carbonyl (C=O) groups excluding carboxylic acids is 1. The van der Waals surface area contributed by atoms with E-state index in [0.29, 0.717) is 37.6 Å². The first kappa shape index (κ1) is 15.2. The van der Waals surface area contributed by atoms with Crippen molar-refractivity contribution in [3.63, 3.8) is 0 Å². The van der Waals surface area contributed by atoms with Gasteiger partial charge in [0.2, 0.25) is 5.91 Å². The first-order valence-electron chi connectivity index (χ1n) is 7.47. The molecule has 2 aliphatic heterocycles. The van der Waals surface area contributed by atoms with Gasteiger partial charge in [0.25, 0.3) is 0 Å². The van der Waals surface area contributed by atoms with Crippen LogP contribution >= 0.6 is 11.6 Å². The fraction of sp³-hybridized carbons (Fsp3) is 0.500. The minimum absolute atomic E-state index is 0.0171. The molecule has 2 aliphatic rings. The van der Waals surface area contributed by atoms with Crippen molar-refractivity contribution in [3.8, 4) is 5.75 Å². The Morgan fingerprint density at radius 1 is 1.32 bits per heavy atom. The summed E-state index contributed by atoms with van der Waals surface area (Å²) in [6.07, 6.45) is 1.96. The summed E-state index contributed by atoms with van der Waals surface area (Å²) in [5.74, 6) is -0.788. The minimum Gasteiger partial charge on any atom is -0.492 e. The number of likely N-dealkylation sites (tertiary alicyclic amines) is 1. The smallest absolute Gasteiger partial charge is 0.308 e. The van der Waals surface area contributed by atoms with Crippen molar-refractivity contribution in [2.24, 2.45) is 11.8 Å². The normalized spacial score (nSPS) is 24.3. The Kier molecular flexibility index (Phi) is 4.25.